The standard InChI is InChI=1S/C18H19N3O/c1-3-13-7-9-14(10-8-13)11-19-18-15-5-4-6-16(22-2)17(15)20-12-21-18/h4-10,12H,3,11H2,1-2H3,(H,19,20,21). The minimum absolute atomic E-state index is 0.729. The number of benzene rings is 2. The third kappa shape index (κ3) is 2.86. The maximum Gasteiger partial charge on any atom is 0.145 e. The molecule has 0 saturated heterocycles. The molecule has 3 rings (SSSR count). The van der Waals surface area contributed by atoms with E-state index in [9.17, 15) is 0 Å². The van der Waals surface area contributed by atoms with Gasteiger partial charge < -0.3 is 10.1 Å². The normalized spacial score (nSPS) is 10.6. The van der Waals surface area contributed by atoms with Gasteiger partial charge in [-0.2, -0.15) is 0 Å². The fourth-order valence-corrected chi connectivity index (χ4v) is 2.44. The first-order valence-corrected chi connectivity index (χ1v) is 7.41. The van der Waals surface area contributed by atoms with Gasteiger partial charge in [0.15, 0.2) is 0 Å². The summed E-state index contributed by atoms with van der Waals surface area (Å²) in [5.74, 6) is 1.58. The number of aromatic nitrogens is 2. The van der Waals surface area contributed by atoms with Crippen LogP contribution in [-0.4, -0.2) is 17.1 Å². The van der Waals surface area contributed by atoms with Gasteiger partial charge in [-0.25, -0.2) is 9.97 Å². The van der Waals surface area contributed by atoms with Gasteiger partial charge in [0.05, 0.1) is 7.11 Å². The third-order valence-electron chi connectivity index (χ3n) is 3.74. The highest BCUT2D eigenvalue weighted by atomic mass is 16.5. The molecule has 0 aliphatic heterocycles. The summed E-state index contributed by atoms with van der Waals surface area (Å²) in [6, 6.07) is 14.5. The maximum atomic E-state index is 5.35. The molecule has 0 unspecified atom stereocenters. The predicted molar refractivity (Wildman–Crippen MR) is 89.2 cm³/mol. The lowest BCUT2D eigenvalue weighted by Crippen LogP contribution is -2.03. The number of hydrogen-bond acceptors (Lipinski definition) is 4. The number of fused-ring (bicyclic) bond motifs is 1. The summed E-state index contributed by atoms with van der Waals surface area (Å²) in [5, 5.41) is 4.35. The molecule has 1 aromatic heterocycles. The number of anilines is 1. The Balaban J connectivity index is 1.84. The van der Waals surface area contributed by atoms with E-state index >= 15 is 0 Å². The van der Waals surface area contributed by atoms with Gasteiger partial charge in [-0.1, -0.05) is 37.3 Å². The fourth-order valence-electron chi connectivity index (χ4n) is 2.44. The molecule has 112 valence electrons. The molecule has 0 saturated carbocycles. The summed E-state index contributed by atoms with van der Waals surface area (Å²) in [6.45, 7) is 2.89. The molecule has 0 radical (unpaired) electrons. The first-order chi connectivity index (χ1) is 10.8. The molecule has 0 fully saturated rings. The van der Waals surface area contributed by atoms with Crippen molar-refractivity contribution < 1.29 is 4.74 Å². The summed E-state index contributed by atoms with van der Waals surface area (Å²) >= 11 is 0. The molecule has 0 spiro atoms. The zero-order valence-corrected chi connectivity index (χ0v) is 12.8. The lowest BCUT2D eigenvalue weighted by molar-refractivity contribution is 0.419. The van der Waals surface area contributed by atoms with Gasteiger partial charge in [-0.3, -0.25) is 0 Å². The Bertz CT molecular complexity index is 769. The number of ether oxygens (including phenoxy) is 1. The van der Waals surface area contributed by atoms with Crippen molar-refractivity contribution >= 4 is 16.7 Å². The van der Waals surface area contributed by atoms with Crippen LogP contribution < -0.4 is 10.1 Å². The number of aryl methyl sites for hydroxylation is 1. The quantitative estimate of drug-likeness (QED) is 0.777. The number of rotatable bonds is 5. The Morgan fingerprint density at radius 2 is 1.77 bits per heavy atom. The molecule has 0 aliphatic rings. The Kier molecular flexibility index (Phi) is 4.19. The van der Waals surface area contributed by atoms with Crippen LogP contribution in [0.2, 0.25) is 0 Å². The fraction of sp³-hybridized carbons (Fsp3) is 0.222. The molecule has 0 amide bonds. The zero-order valence-electron chi connectivity index (χ0n) is 12.8. The van der Waals surface area contributed by atoms with Gasteiger partial charge in [0, 0.05) is 11.9 Å². The Labute approximate surface area is 130 Å². The van der Waals surface area contributed by atoms with Crippen molar-refractivity contribution in [3.05, 3.63) is 59.9 Å². The number of hydrogen-bond donors (Lipinski definition) is 1. The zero-order chi connectivity index (χ0) is 15.4. The minimum Gasteiger partial charge on any atom is -0.494 e. The molecule has 22 heavy (non-hydrogen) atoms. The molecule has 0 atom stereocenters. The predicted octanol–water partition coefficient (Wildman–Crippen LogP) is 3.81. The van der Waals surface area contributed by atoms with Gasteiger partial charge in [0.25, 0.3) is 0 Å². The summed E-state index contributed by atoms with van der Waals surface area (Å²) in [5.41, 5.74) is 3.40. The Hall–Kier alpha value is -2.62. The van der Waals surface area contributed by atoms with Crippen molar-refractivity contribution in [3.8, 4) is 5.75 Å². The van der Waals surface area contributed by atoms with Crippen LogP contribution in [0.3, 0.4) is 0 Å². The summed E-state index contributed by atoms with van der Waals surface area (Å²) in [6.07, 6.45) is 2.62. The van der Waals surface area contributed by atoms with Crippen molar-refractivity contribution in [2.75, 3.05) is 12.4 Å². The summed E-state index contributed by atoms with van der Waals surface area (Å²) in [4.78, 5) is 8.67. The largest absolute Gasteiger partial charge is 0.494 e. The van der Waals surface area contributed by atoms with Crippen LogP contribution >= 0.6 is 0 Å². The average Bonchev–Trinajstić information content (AvgIpc) is 2.59. The second kappa shape index (κ2) is 6.43. The Morgan fingerprint density at radius 3 is 2.50 bits per heavy atom. The molecule has 1 heterocycles. The van der Waals surface area contributed by atoms with Crippen LogP contribution in [0.4, 0.5) is 5.82 Å². The van der Waals surface area contributed by atoms with Crippen molar-refractivity contribution in [1.82, 2.24) is 9.97 Å². The molecule has 3 aromatic rings. The highest BCUT2D eigenvalue weighted by Gasteiger charge is 2.07. The van der Waals surface area contributed by atoms with E-state index in [1.807, 2.05) is 18.2 Å². The second-order valence-electron chi connectivity index (χ2n) is 5.10. The third-order valence-corrected chi connectivity index (χ3v) is 3.74. The van der Waals surface area contributed by atoms with E-state index in [4.69, 9.17) is 4.74 Å². The molecule has 0 aliphatic carbocycles. The van der Waals surface area contributed by atoms with E-state index in [0.29, 0.717) is 0 Å². The summed E-state index contributed by atoms with van der Waals surface area (Å²) < 4.78 is 5.35. The minimum atomic E-state index is 0.729. The van der Waals surface area contributed by atoms with Crippen molar-refractivity contribution in [1.29, 1.82) is 0 Å². The van der Waals surface area contributed by atoms with Crippen LogP contribution in [0.15, 0.2) is 48.8 Å². The van der Waals surface area contributed by atoms with Crippen LogP contribution in [0.25, 0.3) is 10.9 Å². The van der Waals surface area contributed by atoms with Crippen molar-refractivity contribution in [2.24, 2.45) is 0 Å². The molecule has 4 nitrogen and oxygen atoms in total. The van der Waals surface area contributed by atoms with Crippen LogP contribution in [0.1, 0.15) is 18.1 Å². The first kappa shape index (κ1) is 14.3. The number of nitrogens with one attached hydrogen (secondary N) is 1. The van der Waals surface area contributed by atoms with E-state index in [1.54, 1.807) is 13.4 Å². The molecule has 2 aromatic carbocycles. The number of para-hydroxylation sites is 1. The van der Waals surface area contributed by atoms with Gasteiger partial charge in [-0.15, -0.1) is 0 Å². The molecule has 0 bridgehead atoms. The molecular formula is C18H19N3O. The Morgan fingerprint density at radius 1 is 1.00 bits per heavy atom. The van der Waals surface area contributed by atoms with E-state index in [0.717, 1.165) is 35.4 Å². The van der Waals surface area contributed by atoms with Crippen molar-refractivity contribution in [3.63, 3.8) is 0 Å². The lowest BCUT2D eigenvalue weighted by atomic mass is 10.1. The highest BCUT2D eigenvalue weighted by Crippen LogP contribution is 2.27. The molecule has 1 N–H and O–H groups in total. The van der Waals surface area contributed by atoms with E-state index < -0.39 is 0 Å². The van der Waals surface area contributed by atoms with Crippen molar-refractivity contribution in [2.45, 2.75) is 19.9 Å². The maximum absolute atomic E-state index is 5.35. The van der Waals surface area contributed by atoms with Crippen LogP contribution in [-0.2, 0) is 13.0 Å². The first-order valence-electron chi connectivity index (χ1n) is 7.41. The molecule has 4 heteroatoms. The van der Waals surface area contributed by atoms with Gasteiger partial charge in [-0.05, 0) is 29.7 Å². The number of nitrogens with zero attached hydrogens (tertiary/aromatic N) is 2. The number of methoxy groups -OCH3 is 1. The van der Waals surface area contributed by atoms with E-state index in [1.165, 1.54) is 11.1 Å². The monoisotopic (exact) mass is 293 g/mol. The van der Waals surface area contributed by atoms with Gasteiger partial charge in [0.1, 0.15) is 23.4 Å². The molecular weight excluding hydrogens is 274 g/mol. The topological polar surface area (TPSA) is 47.0 Å². The lowest BCUT2D eigenvalue weighted by Gasteiger charge is -2.10. The summed E-state index contributed by atoms with van der Waals surface area (Å²) in [7, 11) is 1.65. The van der Waals surface area contributed by atoms with Crippen LogP contribution in [0, 0.1) is 0 Å². The average molecular weight is 293 g/mol. The van der Waals surface area contributed by atoms with Gasteiger partial charge in [0.2, 0.25) is 0 Å². The van der Waals surface area contributed by atoms with Gasteiger partial charge >= 0.3 is 0 Å². The van der Waals surface area contributed by atoms with E-state index in [-0.39, 0.29) is 0 Å². The highest BCUT2D eigenvalue weighted by molar-refractivity contribution is 5.92. The smallest absolute Gasteiger partial charge is 0.145 e. The SMILES string of the molecule is CCc1ccc(CNc2ncnc3c(OC)cccc23)cc1. The van der Waals surface area contributed by atoms with E-state index in [2.05, 4.69) is 46.5 Å². The van der Waals surface area contributed by atoms with Crippen LogP contribution in [0.5, 0.6) is 5.75 Å². The second-order valence-corrected chi connectivity index (χ2v) is 5.10.